The van der Waals surface area contributed by atoms with Crippen LogP contribution in [0.15, 0.2) is 60.8 Å². The number of aromatic nitrogens is 1. The zero-order valence-corrected chi connectivity index (χ0v) is 13.5. The van der Waals surface area contributed by atoms with Crippen LogP contribution >= 0.6 is 0 Å². The van der Waals surface area contributed by atoms with Gasteiger partial charge in [-0.3, -0.25) is 15.1 Å². The summed E-state index contributed by atoms with van der Waals surface area (Å²) in [5.74, 6) is 0. The fraction of sp³-hybridized carbons (Fsp3) is 0.105. The smallest absolute Gasteiger partial charge is 0.269 e. The van der Waals surface area contributed by atoms with Crippen molar-refractivity contribution in [3.05, 3.63) is 82.0 Å². The third kappa shape index (κ3) is 3.25. The summed E-state index contributed by atoms with van der Waals surface area (Å²) >= 11 is 0. The van der Waals surface area contributed by atoms with Crippen LogP contribution in [-0.4, -0.2) is 9.91 Å². The number of aryl methyl sites for hydroxylation is 2. The number of nitro groups is 1. The Kier molecular flexibility index (Phi) is 4.24. The Morgan fingerprint density at radius 1 is 1.04 bits per heavy atom. The summed E-state index contributed by atoms with van der Waals surface area (Å²) in [6, 6.07) is 16.5. The molecule has 1 aromatic heterocycles. The lowest BCUT2D eigenvalue weighted by Crippen LogP contribution is -1.97. The van der Waals surface area contributed by atoms with E-state index >= 15 is 0 Å². The topological polar surface area (TPSA) is 68.1 Å². The van der Waals surface area contributed by atoms with Crippen molar-refractivity contribution in [2.75, 3.05) is 5.32 Å². The largest absolute Gasteiger partial charge is 0.355 e. The number of pyridine rings is 1. The zero-order valence-electron chi connectivity index (χ0n) is 13.5. The lowest BCUT2D eigenvalue weighted by atomic mass is 10.0. The highest BCUT2D eigenvalue weighted by atomic mass is 16.6. The monoisotopic (exact) mass is 319 g/mol. The summed E-state index contributed by atoms with van der Waals surface area (Å²) in [6.07, 6.45) is 1.78. The van der Waals surface area contributed by atoms with E-state index in [0.29, 0.717) is 0 Å². The molecule has 0 aliphatic carbocycles. The second-order valence-corrected chi connectivity index (χ2v) is 5.65. The van der Waals surface area contributed by atoms with Crippen LogP contribution in [0.1, 0.15) is 11.1 Å². The van der Waals surface area contributed by atoms with Crippen molar-refractivity contribution >= 4 is 17.1 Å². The Morgan fingerprint density at radius 2 is 1.79 bits per heavy atom. The number of hydrogen-bond donors (Lipinski definition) is 1. The predicted molar refractivity (Wildman–Crippen MR) is 95.5 cm³/mol. The van der Waals surface area contributed by atoms with Crippen molar-refractivity contribution in [1.29, 1.82) is 0 Å². The molecule has 3 rings (SSSR count). The molecular formula is C19H17N3O2. The highest BCUT2D eigenvalue weighted by molar-refractivity contribution is 5.81. The molecule has 5 nitrogen and oxygen atoms in total. The van der Waals surface area contributed by atoms with Crippen LogP contribution in [0.4, 0.5) is 17.1 Å². The van der Waals surface area contributed by atoms with Crippen molar-refractivity contribution in [2.24, 2.45) is 0 Å². The SMILES string of the molecule is Cc1ccc(-c2ncccc2C)c(Nc2ccc([N+](=O)[O-])cc2)c1. The minimum absolute atomic E-state index is 0.0746. The molecule has 0 unspecified atom stereocenters. The van der Waals surface area contributed by atoms with Gasteiger partial charge in [-0.05, 0) is 49.2 Å². The molecule has 2 aromatic carbocycles. The molecular weight excluding hydrogens is 302 g/mol. The van der Waals surface area contributed by atoms with Gasteiger partial charge in [0.15, 0.2) is 0 Å². The first-order valence-electron chi connectivity index (χ1n) is 7.59. The molecule has 120 valence electrons. The van der Waals surface area contributed by atoms with Gasteiger partial charge in [-0.15, -0.1) is 0 Å². The van der Waals surface area contributed by atoms with Gasteiger partial charge in [0.2, 0.25) is 0 Å². The van der Waals surface area contributed by atoms with E-state index in [2.05, 4.69) is 10.3 Å². The Labute approximate surface area is 140 Å². The second kappa shape index (κ2) is 6.50. The number of nitrogens with zero attached hydrogens (tertiary/aromatic N) is 2. The molecule has 3 aromatic rings. The molecule has 0 saturated heterocycles. The Balaban J connectivity index is 2.00. The predicted octanol–water partition coefficient (Wildman–Crippen LogP) is 5.02. The summed E-state index contributed by atoms with van der Waals surface area (Å²) < 4.78 is 0. The highest BCUT2D eigenvalue weighted by Crippen LogP contribution is 2.32. The first kappa shape index (κ1) is 15.7. The highest BCUT2D eigenvalue weighted by Gasteiger charge is 2.10. The fourth-order valence-corrected chi connectivity index (χ4v) is 2.56. The quantitative estimate of drug-likeness (QED) is 0.541. The number of nitro benzene ring substituents is 1. The minimum Gasteiger partial charge on any atom is -0.355 e. The summed E-state index contributed by atoms with van der Waals surface area (Å²) in [4.78, 5) is 14.9. The van der Waals surface area contributed by atoms with Gasteiger partial charge in [0.25, 0.3) is 5.69 Å². The number of benzene rings is 2. The maximum atomic E-state index is 10.8. The van der Waals surface area contributed by atoms with Crippen molar-refractivity contribution in [2.45, 2.75) is 13.8 Å². The Bertz CT molecular complexity index is 889. The zero-order chi connectivity index (χ0) is 17.1. The average molecular weight is 319 g/mol. The van der Waals surface area contributed by atoms with Gasteiger partial charge in [-0.1, -0.05) is 18.2 Å². The van der Waals surface area contributed by atoms with E-state index in [1.165, 1.54) is 12.1 Å². The van der Waals surface area contributed by atoms with Crippen LogP contribution in [0.25, 0.3) is 11.3 Å². The van der Waals surface area contributed by atoms with Crippen LogP contribution in [0.5, 0.6) is 0 Å². The number of anilines is 2. The molecule has 0 amide bonds. The van der Waals surface area contributed by atoms with E-state index in [9.17, 15) is 10.1 Å². The lowest BCUT2D eigenvalue weighted by molar-refractivity contribution is -0.384. The van der Waals surface area contributed by atoms with Crippen molar-refractivity contribution < 1.29 is 4.92 Å². The molecule has 5 heteroatoms. The van der Waals surface area contributed by atoms with E-state index < -0.39 is 4.92 Å². The molecule has 0 saturated carbocycles. The summed E-state index contributed by atoms with van der Waals surface area (Å²) in [6.45, 7) is 4.05. The maximum absolute atomic E-state index is 10.8. The molecule has 0 atom stereocenters. The molecule has 1 heterocycles. The third-order valence-corrected chi connectivity index (χ3v) is 3.80. The van der Waals surface area contributed by atoms with Crippen LogP contribution in [0.3, 0.4) is 0 Å². The van der Waals surface area contributed by atoms with E-state index in [0.717, 1.165) is 33.8 Å². The lowest BCUT2D eigenvalue weighted by Gasteiger charge is -2.14. The van der Waals surface area contributed by atoms with Crippen molar-refractivity contribution in [1.82, 2.24) is 4.98 Å². The fourth-order valence-electron chi connectivity index (χ4n) is 2.56. The Hall–Kier alpha value is -3.21. The average Bonchev–Trinajstić information content (AvgIpc) is 2.56. The summed E-state index contributed by atoms with van der Waals surface area (Å²) in [7, 11) is 0. The maximum Gasteiger partial charge on any atom is 0.269 e. The number of rotatable bonds is 4. The molecule has 0 aliphatic rings. The van der Waals surface area contributed by atoms with Gasteiger partial charge < -0.3 is 5.32 Å². The first-order chi connectivity index (χ1) is 11.5. The standard InChI is InChI=1S/C19H17N3O2/c1-13-5-10-17(19-14(2)4-3-11-20-19)18(12-13)21-15-6-8-16(9-7-15)22(23)24/h3-12,21H,1-2H3. The Morgan fingerprint density at radius 3 is 2.46 bits per heavy atom. The van der Waals surface area contributed by atoms with E-state index in [1.807, 2.05) is 44.2 Å². The van der Waals surface area contributed by atoms with Crippen LogP contribution in [-0.2, 0) is 0 Å². The second-order valence-electron chi connectivity index (χ2n) is 5.65. The van der Waals surface area contributed by atoms with Crippen LogP contribution in [0.2, 0.25) is 0 Å². The minimum atomic E-state index is -0.404. The molecule has 0 fully saturated rings. The van der Waals surface area contributed by atoms with Crippen LogP contribution in [0, 0.1) is 24.0 Å². The molecule has 0 radical (unpaired) electrons. The van der Waals surface area contributed by atoms with E-state index in [4.69, 9.17) is 0 Å². The molecule has 24 heavy (non-hydrogen) atoms. The molecule has 0 bridgehead atoms. The number of non-ortho nitro benzene ring substituents is 1. The van der Waals surface area contributed by atoms with Gasteiger partial charge in [-0.2, -0.15) is 0 Å². The van der Waals surface area contributed by atoms with Gasteiger partial charge in [0.1, 0.15) is 0 Å². The van der Waals surface area contributed by atoms with Crippen molar-refractivity contribution in [3.8, 4) is 11.3 Å². The summed E-state index contributed by atoms with van der Waals surface area (Å²) in [5.41, 5.74) is 5.92. The summed E-state index contributed by atoms with van der Waals surface area (Å²) in [5, 5.41) is 14.1. The van der Waals surface area contributed by atoms with Gasteiger partial charge >= 0.3 is 0 Å². The van der Waals surface area contributed by atoms with Gasteiger partial charge in [0.05, 0.1) is 10.6 Å². The molecule has 0 spiro atoms. The van der Waals surface area contributed by atoms with Crippen LogP contribution < -0.4 is 5.32 Å². The van der Waals surface area contributed by atoms with Crippen molar-refractivity contribution in [3.63, 3.8) is 0 Å². The van der Waals surface area contributed by atoms with Gasteiger partial charge in [-0.25, -0.2) is 0 Å². The van der Waals surface area contributed by atoms with Gasteiger partial charge in [0, 0.05) is 35.3 Å². The number of hydrogen-bond acceptors (Lipinski definition) is 4. The first-order valence-corrected chi connectivity index (χ1v) is 7.59. The third-order valence-electron chi connectivity index (χ3n) is 3.80. The molecule has 1 N–H and O–H groups in total. The number of nitrogens with one attached hydrogen (secondary N) is 1. The molecule has 0 aliphatic heterocycles. The van der Waals surface area contributed by atoms with E-state index in [-0.39, 0.29) is 5.69 Å². The normalized spacial score (nSPS) is 10.4. The van der Waals surface area contributed by atoms with E-state index in [1.54, 1.807) is 18.3 Å².